The van der Waals surface area contributed by atoms with Crippen LogP contribution in [0.25, 0.3) is 0 Å². The second-order valence-corrected chi connectivity index (χ2v) is 5.45. The summed E-state index contributed by atoms with van der Waals surface area (Å²) in [5.74, 6) is -0.655. The largest absolute Gasteiger partial charge is 0.507 e. The van der Waals surface area contributed by atoms with Crippen LogP contribution in [0, 0.1) is 0 Å². The number of carbonyl (C=O) groups is 1. The number of nitrogens with one attached hydrogen (secondary N) is 1. The van der Waals surface area contributed by atoms with Gasteiger partial charge in [0, 0.05) is 6.20 Å². The van der Waals surface area contributed by atoms with Crippen molar-refractivity contribution in [2.45, 2.75) is 17.9 Å². The van der Waals surface area contributed by atoms with Crippen molar-refractivity contribution < 1.29 is 24.5 Å². The fourth-order valence-electron chi connectivity index (χ4n) is 2.85. The topological polar surface area (TPSA) is 94.5 Å². The first-order valence-corrected chi connectivity index (χ1v) is 6.47. The summed E-state index contributed by atoms with van der Waals surface area (Å²) in [7, 11) is 0. The van der Waals surface area contributed by atoms with Crippen LogP contribution in [0.2, 0.25) is 0 Å². The van der Waals surface area contributed by atoms with Gasteiger partial charge in [0.1, 0.15) is 17.9 Å². The number of hydrazine groups is 1. The number of aliphatic hydroxyl groups is 2. The molecular weight excluding hydrogens is 266 g/mol. The monoisotopic (exact) mass is 281 g/mol. The zero-order chi connectivity index (χ0) is 13.9. The molecule has 0 bridgehead atoms. The zero-order valence-electron chi connectivity index (χ0n) is 10.7. The van der Waals surface area contributed by atoms with E-state index >= 15 is 0 Å². The van der Waals surface area contributed by atoms with E-state index in [0.29, 0.717) is 26.4 Å². The van der Waals surface area contributed by atoms with E-state index < -0.39 is 11.7 Å². The second kappa shape index (κ2) is 3.95. The molecule has 4 aliphatic rings. The Bertz CT molecular complexity index is 527. The first-order chi connectivity index (χ1) is 9.60. The van der Waals surface area contributed by atoms with Crippen LogP contribution < -0.4 is 5.43 Å². The predicted octanol–water partition coefficient (Wildman–Crippen LogP) is -1.58. The molecule has 8 nitrogen and oxygen atoms in total. The lowest BCUT2D eigenvalue weighted by molar-refractivity contribution is -0.255. The maximum Gasteiger partial charge on any atom is 0.277 e. The van der Waals surface area contributed by atoms with Crippen molar-refractivity contribution >= 4 is 5.91 Å². The molecule has 1 spiro atoms. The van der Waals surface area contributed by atoms with Gasteiger partial charge in [0.25, 0.3) is 5.91 Å². The molecule has 2 atom stereocenters. The van der Waals surface area contributed by atoms with Gasteiger partial charge in [-0.3, -0.25) is 9.80 Å². The van der Waals surface area contributed by atoms with Crippen molar-refractivity contribution in [1.82, 2.24) is 15.3 Å². The summed E-state index contributed by atoms with van der Waals surface area (Å²) in [4.78, 5) is 14.2. The highest BCUT2D eigenvalue weighted by Crippen LogP contribution is 2.32. The highest BCUT2D eigenvalue weighted by molar-refractivity contribution is 5.95. The van der Waals surface area contributed by atoms with Gasteiger partial charge in [-0.25, -0.2) is 5.43 Å². The van der Waals surface area contributed by atoms with Crippen molar-refractivity contribution in [1.29, 1.82) is 0 Å². The third-order valence-electron chi connectivity index (χ3n) is 4.04. The third-order valence-corrected chi connectivity index (χ3v) is 4.04. The fraction of sp³-hybridized carbons (Fsp3) is 0.583. The van der Waals surface area contributed by atoms with Gasteiger partial charge in [0.05, 0.1) is 26.4 Å². The Morgan fingerprint density at radius 2 is 2.25 bits per heavy atom. The number of nitrogens with zero attached hydrogens (tertiary/aromatic N) is 2. The molecule has 3 fully saturated rings. The maximum absolute atomic E-state index is 12.6. The van der Waals surface area contributed by atoms with Crippen molar-refractivity contribution in [3.8, 4) is 0 Å². The smallest absolute Gasteiger partial charge is 0.277 e. The van der Waals surface area contributed by atoms with Crippen LogP contribution in [0.1, 0.15) is 0 Å². The van der Waals surface area contributed by atoms with Crippen LogP contribution in [0.4, 0.5) is 0 Å². The predicted molar refractivity (Wildman–Crippen MR) is 64.8 cm³/mol. The number of fused-ring (bicyclic) bond motifs is 2. The summed E-state index contributed by atoms with van der Waals surface area (Å²) in [6.45, 7) is 1.71. The first-order valence-electron chi connectivity index (χ1n) is 6.47. The maximum atomic E-state index is 12.6. The van der Waals surface area contributed by atoms with Crippen LogP contribution in [-0.2, 0) is 14.3 Å². The zero-order valence-corrected chi connectivity index (χ0v) is 10.7. The molecule has 3 saturated heterocycles. The molecule has 3 N–H and O–H groups in total. The normalized spacial score (nSPS) is 35.0. The highest BCUT2D eigenvalue weighted by atomic mass is 16.6. The Hall–Kier alpha value is -1.61. The van der Waals surface area contributed by atoms with Gasteiger partial charge in [-0.2, -0.15) is 0 Å². The van der Waals surface area contributed by atoms with Crippen molar-refractivity contribution in [3.63, 3.8) is 0 Å². The summed E-state index contributed by atoms with van der Waals surface area (Å²) >= 11 is 0. The first kappa shape index (κ1) is 12.2. The Morgan fingerprint density at radius 1 is 1.45 bits per heavy atom. The number of amides is 1. The van der Waals surface area contributed by atoms with Gasteiger partial charge in [0.2, 0.25) is 0 Å². The van der Waals surface area contributed by atoms with E-state index in [4.69, 9.17) is 9.47 Å². The van der Waals surface area contributed by atoms with Gasteiger partial charge in [-0.15, -0.1) is 0 Å². The number of hydrogen-bond acceptors (Lipinski definition) is 7. The Labute approximate surface area is 114 Å². The van der Waals surface area contributed by atoms with Crippen LogP contribution in [-0.4, -0.2) is 70.3 Å². The van der Waals surface area contributed by atoms with Crippen molar-refractivity contribution in [3.05, 3.63) is 23.7 Å². The van der Waals surface area contributed by atoms with Gasteiger partial charge in [-0.1, -0.05) is 0 Å². The van der Waals surface area contributed by atoms with E-state index in [-0.39, 0.29) is 23.5 Å². The molecule has 0 aromatic rings. The van der Waals surface area contributed by atoms with Crippen LogP contribution >= 0.6 is 0 Å². The average Bonchev–Trinajstić information content (AvgIpc) is 2.41. The van der Waals surface area contributed by atoms with E-state index in [2.05, 4.69) is 5.43 Å². The summed E-state index contributed by atoms with van der Waals surface area (Å²) in [6.07, 6.45) is 1.50. The van der Waals surface area contributed by atoms with Gasteiger partial charge < -0.3 is 24.6 Å². The quantitative estimate of drug-likeness (QED) is 0.493. The Balaban J connectivity index is 1.66. The van der Waals surface area contributed by atoms with Crippen molar-refractivity contribution in [2.24, 2.45) is 0 Å². The minimum Gasteiger partial charge on any atom is -0.507 e. The third kappa shape index (κ3) is 1.53. The van der Waals surface area contributed by atoms with E-state index in [1.165, 1.54) is 17.3 Å². The SMILES string of the molecule is O=C1C2=C(O)C(O)C=CN2N[C@@H]2COC3(COC3)CN12. The second-order valence-electron chi connectivity index (χ2n) is 5.45. The fourth-order valence-corrected chi connectivity index (χ4v) is 2.85. The minimum atomic E-state index is -1.15. The molecule has 0 aliphatic carbocycles. The molecule has 4 heterocycles. The summed E-state index contributed by atoms with van der Waals surface area (Å²) in [6, 6.07) is 0. The van der Waals surface area contributed by atoms with Gasteiger partial charge in [0.15, 0.2) is 11.5 Å². The number of morpholine rings is 1. The summed E-state index contributed by atoms with van der Waals surface area (Å²) < 4.78 is 11.0. The average molecular weight is 281 g/mol. The number of carbonyl (C=O) groups excluding carboxylic acids is 1. The molecule has 20 heavy (non-hydrogen) atoms. The molecule has 0 radical (unpaired) electrons. The molecule has 108 valence electrons. The Morgan fingerprint density at radius 3 is 2.95 bits per heavy atom. The van der Waals surface area contributed by atoms with Crippen LogP contribution in [0.15, 0.2) is 23.7 Å². The Kier molecular flexibility index (Phi) is 2.40. The van der Waals surface area contributed by atoms with E-state index in [9.17, 15) is 15.0 Å². The summed E-state index contributed by atoms with van der Waals surface area (Å²) in [5.41, 5.74) is 2.72. The van der Waals surface area contributed by atoms with E-state index in [0.717, 1.165) is 0 Å². The minimum absolute atomic E-state index is 0.0635. The lowest BCUT2D eigenvalue weighted by atomic mass is 9.98. The molecule has 4 rings (SSSR count). The molecule has 0 aromatic carbocycles. The molecule has 1 amide bonds. The standard InChI is InChI=1S/C12H15N3O5/c16-7-1-2-15-9(10(7)17)11(18)14-4-12(5-19-6-12)20-3-8(14)13-15/h1-2,7-8,13,16-17H,3-6H2/t7?,8-/m0/s1. The van der Waals surface area contributed by atoms with Gasteiger partial charge in [-0.05, 0) is 6.08 Å². The molecular formula is C12H15N3O5. The number of rotatable bonds is 0. The van der Waals surface area contributed by atoms with Crippen LogP contribution in [0.3, 0.4) is 0 Å². The summed E-state index contributed by atoms with van der Waals surface area (Å²) in [5, 5.41) is 21.0. The number of ether oxygens (including phenoxy) is 2. The molecule has 0 saturated carbocycles. The van der Waals surface area contributed by atoms with E-state index in [1.54, 1.807) is 4.90 Å². The number of hydrogen-bond donors (Lipinski definition) is 3. The van der Waals surface area contributed by atoms with Crippen LogP contribution in [0.5, 0.6) is 0 Å². The molecule has 4 aliphatic heterocycles. The molecule has 0 aromatic heterocycles. The molecule has 1 unspecified atom stereocenters. The highest BCUT2D eigenvalue weighted by Gasteiger charge is 2.51. The van der Waals surface area contributed by atoms with E-state index in [1.807, 2.05) is 0 Å². The lowest BCUT2D eigenvalue weighted by Crippen LogP contribution is -2.73. The van der Waals surface area contributed by atoms with Crippen molar-refractivity contribution in [2.75, 3.05) is 26.4 Å². The number of aliphatic hydroxyl groups excluding tert-OH is 2. The van der Waals surface area contributed by atoms with Gasteiger partial charge >= 0.3 is 0 Å². The molecule has 8 heteroatoms. The lowest BCUT2D eigenvalue weighted by Gasteiger charge is -2.54.